The van der Waals surface area contributed by atoms with Gasteiger partial charge in [0.1, 0.15) is 0 Å². The van der Waals surface area contributed by atoms with E-state index in [-0.39, 0.29) is 0 Å². The van der Waals surface area contributed by atoms with Gasteiger partial charge < -0.3 is 15.6 Å². The van der Waals surface area contributed by atoms with E-state index in [4.69, 9.17) is 12.2 Å². The molecule has 112 valence electrons. The van der Waals surface area contributed by atoms with Crippen molar-refractivity contribution in [2.45, 2.75) is 13.8 Å². The maximum absolute atomic E-state index is 5.27. The van der Waals surface area contributed by atoms with E-state index < -0.39 is 0 Å². The molecule has 0 saturated carbocycles. The molecule has 2 aromatic carbocycles. The van der Waals surface area contributed by atoms with Crippen molar-refractivity contribution in [2.75, 3.05) is 11.9 Å². The fourth-order valence-electron chi connectivity index (χ4n) is 2.67. The van der Waals surface area contributed by atoms with E-state index in [2.05, 4.69) is 65.0 Å². The second-order valence-electron chi connectivity index (χ2n) is 5.32. The summed E-state index contributed by atoms with van der Waals surface area (Å²) >= 11 is 5.27. The van der Waals surface area contributed by atoms with Crippen LogP contribution in [0.25, 0.3) is 22.0 Å². The Hall–Kier alpha value is -2.33. The minimum absolute atomic E-state index is 0.650. The van der Waals surface area contributed by atoms with Crippen molar-refractivity contribution >= 4 is 33.9 Å². The number of aromatic amines is 1. The van der Waals surface area contributed by atoms with Crippen molar-refractivity contribution in [3.8, 4) is 11.1 Å². The normalized spacial score (nSPS) is 10.6. The van der Waals surface area contributed by atoms with E-state index in [1.165, 1.54) is 22.1 Å². The molecular formula is C18H19N3S. The van der Waals surface area contributed by atoms with Crippen LogP contribution in [0.5, 0.6) is 0 Å². The lowest BCUT2D eigenvalue weighted by molar-refractivity contribution is 0.979. The zero-order valence-corrected chi connectivity index (χ0v) is 13.6. The summed E-state index contributed by atoms with van der Waals surface area (Å²) in [6.45, 7) is 4.94. The Kier molecular flexibility index (Phi) is 4.11. The molecule has 3 rings (SSSR count). The second-order valence-corrected chi connectivity index (χ2v) is 5.73. The molecule has 0 amide bonds. The number of nitrogens with one attached hydrogen (secondary N) is 3. The Balaban J connectivity index is 2.02. The zero-order chi connectivity index (χ0) is 15.5. The summed E-state index contributed by atoms with van der Waals surface area (Å²) in [6.07, 6.45) is 1.98. The van der Waals surface area contributed by atoms with Crippen LogP contribution in [0.3, 0.4) is 0 Å². The molecule has 0 saturated heterocycles. The summed E-state index contributed by atoms with van der Waals surface area (Å²) in [4.78, 5) is 3.33. The quantitative estimate of drug-likeness (QED) is 0.626. The van der Waals surface area contributed by atoms with Gasteiger partial charge >= 0.3 is 0 Å². The van der Waals surface area contributed by atoms with Gasteiger partial charge in [-0.2, -0.15) is 0 Å². The Labute approximate surface area is 135 Å². The maximum Gasteiger partial charge on any atom is 0.170 e. The van der Waals surface area contributed by atoms with Gasteiger partial charge in [0.2, 0.25) is 0 Å². The van der Waals surface area contributed by atoms with Crippen LogP contribution in [0.4, 0.5) is 5.69 Å². The van der Waals surface area contributed by atoms with Crippen molar-refractivity contribution in [1.29, 1.82) is 0 Å². The molecule has 0 aliphatic heterocycles. The highest BCUT2D eigenvalue weighted by atomic mass is 32.1. The molecule has 0 fully saturated rings. The van der Waals surface area contributed by atoms with Gasteiger partial charge in [-0.1, -0.05) is 24.3 Å². The third-order valence-electron chi connectivity index (χ3n) is 3.57. The highest BCUT2D eigenvalue weighted by Crippen LogP contribution is 2.30. The van der Waals surface area contributed by atoms with Crippen LogP contribution in [0, 0.1) is 6.92 Å². The van der Waals surface area contributed by atoms with Crippen LogP contribution in [0.15, 0.2) is 48.7 Å². The predicted octanol–water partition coefficient (Wildman–Crippen LogP) is 4.45. The number of aromatic nitrogens is 1. The van der Waals surface area contributed by atoms with Crippen molar-refractivity contribution in [2.24, 2.45) is 0 Å². The smallest absolute Gasteiger partial charge is 0.170 e. The predicted molar refractivity (Wildman–Crippen MR) is 98.4 cm³/mol. The minimum atomic E-state index is 0.650. The third kappa shape index (κ3) is 2.97. The van der Waals surface area contributed by atoms with Crippen molar-refractivity contribution in [3.05, 3.63) is 54.2 Å². The lowest BCUT2D eigenvalue weighted by Gasteiger charge is -2.12. The van der Waals surface area contributed by atoms with Gasteiger partial charge in [-0.05, 0) is 60.8 Å². The van der Waals surface area contributed by atoms with Gasteiger partial charge in [0, 0.05) is 24.0 Å². The lowest BCUT2D eigenvalue weighted by Crippen LogP contribution is -2.27. The molecule has 0 aliphatic carbocycles. The molecule has 4 heteroatoms. The van der Waals surface area contributed by atoms with Gasteiger partial charge in [-0.25, -0.2) is 0 Å². The number of benzene rings is 2. The Bertz CT molecular complexity index is 820. The van der Waals surface area contributed by atoms with Gasteiger partial charge in [-0.3, -0.25) is 0 Å². The van der Waals surface area contributed by atoms with Crippen molar-refractivity contribution < 1.29 is 0 Å². The van der Waals surface area contributed by atoms with E-state index in [9.17, 15) is 0 Å². The van der Waals surface area contributed by atoms with Crippen LogP contribution >= 0.6 is 12.2 Å². The van der Waals surface area contributed by atoms with Gasteiger partial charge in [-0.15, -0.1) is 0 Å². The van der Waals surface area contributed by atoms with Gasteiger partial charge in [0.15, 0.2) is 5.11 Å². The summed E-state index contributed by atoms with van der Waals surface area (Å²) in [5.74, 6) is 0. The molecule has 0 unspecified atom stereocenters. The van der Waals surface area contributed by atoms with Crippen LogP contribution < -0.4 is 10.6 Å². The minimum Gasteiger partial charge on any atom is -0.363 e. The first-order chi connectivity index (χ1) is 10.7. The number of hydrogen-bond donors (Lipinski definition) is 3. The highest BCUT2D eigenvalue weighted by Gasteiger charge is 2.07. The maximum atomic E-state index is 5.27. The largest absolute Gasteiger partial charge is 0.363 e. The van der Waals surface area contributed by atoms with Crippen LogP contribution in [-0.2, 0) is 0 Å². The van der Waals surface area contributed by atoms with E-state index >= 15 is 0 Å². The summed E-state index contributed by atoms with van der Waals surface area (Å²) < 4.78 is 0. The topological polar surface area (TPSA) is 39.8 Å². The van der Waals surface area contributed by atoms with E-state index in [0.717, 1.165) is 17.7 Å². The first-order valence-corrected chi connectivity index (χ1v) is 7.81. The molecular weight excluding hydrogens is 290 g/mol. The average molecular weight is 309 g/mol. The molecule has 0 spiro atoms. The molecule has 0 radical (unpaired) electrons. The number of rotatable bonds is 3. The van der Waals surface area contributed by atoms with Crippen LogP contribution in [0.2, 0.25) is 0 Å². The molecule has 1 heterocycles. The molecule has 22 heavy (non-hydrogen) atoms. The monoisotopic (exact) mass is 309 g/mol. The molecule has 0 aliphatic rings. The number of H-pyrrole nitrogens is 1. The summed E-state index contributed by atoms with van der Waals surface area (Å²) in [5, 5.41) is 8.23. The molecule has 3 aromatic rings. The number of thiocarbonyl (C=S) groups is 1. The molecule has 0 bridgehead atoms. The first kappa shape index (κ1) is 14.6. The number of anilines is 1. The third-order valence-corrected chi connectivity index (χ3v) is 3.82. The van der Waals surface area contributed by atoms with Crippen LogP contribution in [-0.4, -0.2) is 16.6 Å². The average Bonchev–Trinajstić information content (AvgIpc) is 2.95. The Morgan fingerprint density at radius 2 is 2.05 bits per heavy atom. The van der Waals surface area contributed by atoms with Crippen LogP contribution in [0.1, 0.15) is 12.5 Å². The Morgan fingerprint density at radius 1 is 1.18 bits per heavy atom. The number of fused-ring (bicyclic) bond motifs is 1. The fraction of sp³-hybridized carbons (Fsp3) is 0.167. The summed E-state index contributed by atoms with van der Waals surface area (Å²) in [6, 6.07) is 14.9. The van der Waals surface area contributed by atoms with Crippen molar-refractivity contribution in [3.63, 3.8) is 0 Å². The van der Waals surface area contributed by atoms with E-state index in [0.29, 0.717) is 5.11 Å². The summed E-state index contributed by atoms with van der Waals surface area (Å²) in [7, 11) is 0. The van der Waals surface area contributed by atoms with E-state index in [1.807, 2.05) is 13.1 Å². The Morgan fingerprint density at radius 3 is 2.86 bits per heavy atom. The molecule has 0 atom stereocenters. The standard InChI is InChI=1S/C18H19N3S/c1-3-19-18(22)21-15-10-12(2)9-14(11-15)16-6-4-5-13-7-8-20-17(13)16/h4-11,20H,3H2,1-2H3,(H2,19,21,22). The highest BCUT2D eigenvalue weighted by molar-refractivity contribution is 7.80. The molecule has 1 aromatic heterocycles. The molecule has 3 nitrogen and oxygen atoms in total. The first-order valence-electron chi connectivity index (χ1n) is 7.40. The van der Waals surface area contributed by atoms with Gasteiger partial charge in [0.25, 0.3) is 0 Å². The number of aryl methyl sites for hydroxylation is 1. The fourth-order valence-corrected chi connectivity index (χ4v) is 2.93. The number of hydrogen-bond acceptors (Lipinski definition) is 1. The zero-order valence-electron chi connectivity index (χ0n) is 12.7. The number of para-hydroxylation sites is 1. The summed E-state index contributed by atoms with van der Waals surface area (Å²) in [5.41, 5.74) is 5.74. The van der Waals surface area contributed by atoms with Crippen molar-refractivity contribution in [1.82, 2.24) is 10.3 Å². The molecule has 3 N–H and O–H groups in total. The van der Waals surface area contributed by atoms with E-state index in [1.54, 1.807) is 0 Å². The second kappa shape index (κ2) is 6.20. The van der Waals surface area contributed by atoms with Gasteiger partial charge in [0.05, 0.1) is 5.52 Å². The lowest BCUT2D eigenvalue weighted by atomic mass is 10.0. The SMILES string of the molecule is CCNC(=S)Nc1cc(C)cc(-c2cccc3cc[nH]c23)c1.